The molecular weight excluding hydrogens is 396 g/mol. The molecule has 29 heavy (non-hydrogen) atoms. The quantitative estimate of drug-likeness (QED) is 0.484. The Hall–Kier alpha value is -2.30. The Bertz CT molecular complexity index is 938. The van der Waals surface area contributed by atoms with Gasteiger partial charge in [-0.3, -0.25) is 14.5 Å². The minimum Gasteiger partial charge on any atom is -0.315 e. The van der Waals surface area contributed by atoms with Gasteiger partial charge in [0, 0.05) is 6.54 Å². The van der Waals surface area contributed by atoms with E-state index >= 15 is 0 Å². The maximum absolute atomic E-state index is 13.0. The van der Waals surface area contributed by atoms with Crippen LogP contribution < -0.4 is 4.90 Å². The lowest BCUT2D eigenvalue weighted by molar-refractivity contribution is -0.910. The number of carbonyl (C=O) groups excluding carboxylic acids is 3. The van der Waals surface area contributed by atoms with E-state index in [0.717, 1.165) is 20.3 Å². The van der Waals surface area contributed by atoms with Crippen LogP contribution in [0.2, 0.25) is 0 Å². The van der Waals surface area contributed by atoms with Gasteiger partial charge in [-0.15, -0.1) is 0 Å². The van der Waals surface area contributed by atoms with E-state index in [1.807, 2.05) is 19.9 Å². The third-order valence-corrected chi connectivity index (χ3v) is 7.40. The normalized spacial score (nSPS) is 19.5. The number of benzene rings is 1. The van der Waals surface area contributed by atoms with Crippen molar-refractivity contribution in [3.63, 3.8) is 0 Å². The molecule has 1 N–H and O–H groups in total. The lowest BCUT2D eigenvalue weighted by Gasteiger charge is -2.33. The average molecular weight is 424 g/mol. The molecule has 4 amide bonds. The van der Waals surface area contributed by atoms with Crippen LogP contribution in [-0.2, 0) is 19.6 Å². The Kier molecular flexibility index (Phi) is 6.06. The number of imide groups is 2. The van der Waals surface area contributed by atoms with Crippen LogP contribution in [-0.4, -0.2) is 79.8 Å². The zero-order valence-electron chi connectivity index (χ0n) is 17.0. The molecular formula is C19H27N4O5S+. The predicted molar refractivity (Wildman–Crippen MR) is 104 cm³/mol. The van der Waals surface area contributed by atoms with Crippen molar-refractivity contribution in [2.24, 2.45) is 0 Å². The van der Waals surface area contributed by atoms with Gasteiger partial charge in [0.1, 0.15) is 0 Å². The number of nitrogens with zero attached hydrogens (tertiary/aromatic N) is 3. The number of amides is 4. The fraction of sp³-hybridized carbons (Fsp3) is 0.526. The van der Waals surface area contributed by atoms with Crippen molar-refractivity contribution in [2.75, 3.05) is 39.4 Å². The van der Waals surface area contributed by atoms with Crippen molar-refractivity contribution in [1.82, 2.24) is 14.1 Å². The van der Waals surface area contributed by atoms with E-state index in [4.69, 9.17) is 0 Å². The molecule has 2 fully saturated rings. The first kappa shape index (κ1) is 21.4. The first-order valence-corrected chi connectivity index (χ1v) is 11.2. The second-order valence-corrected chi connectivity index (χ2v) is 9.46. The molecule has 2 saturated heterocycles. The summed E-state index contributed by atoms with van der Waals surface area (Å²) < 4.78 is 27.4. The number of hydrogen-bond donors (Lipinski definition) is 1. The van der Waals surface area contributed by atoms with Gasteiger partial charge >= 0.3 is 17.8 Å². The van der Waals surface area contributed by atoms with E-state index in [0.29, 0.717) is 30.0 Å². The van der Waals surface area contributed by atoms with E-state index in [1.54, 1.807) is 19.1 Å². The summed E-state index contributed by atoms with van der Waals surface area (Å²) in [6.07, 6.45) is 0.584. The average Bonchev–Trinajstić information content (AvgIpc) is 2.86. The Labute approximate surface area is 170 Å². The molecule has 3 rings (SSSR count). The molecule has 10 heteroatoms. The first-order chi connectivity index (χ1) is 13.7. The van der Waals surface area contributed by atoms with Gasteiger partial charge in [0.25, 0.3) is 0 Å². The molecule has 0 atom stereocenters. The largest absolute Gasteiger partial charge is 0.338 e. The minimum absolute atomic E-state index is 0.0705. The molecule has 158 valence electrons. The van der Waals surface area contributed by atoms with Crippen LogP contribution in [0.25, 0.3) is 0 Å². The van der Waals surface area contributed by atoms with Crippen molar-refractivity contribution < 1.29 is 27.7 Å². The van der Waals surface area contributed by atoms with E-state index in [1.165, 1.54) is 4.31 Å². The van der Waals surface area contributed by atoms with Crippen molar-refractivity contribution in [3.8, 4) is 0 Å². The van der Waals surface area contributed by atoms with Crippen LogP contribution in [0.4, 0.5) is 4.79 Å². The van der Waals surface area contributed by atoms with Crippen LogP contribution in [0.1, 0.15) is 24.5 Å². The van der Waals surface area contributed by atoms with Crippen LogP contribution in [0, 0.1) is 13.8 Å². The van der Waals surface area contributed by atoms with Gasteiger partial charge < -0.3 is 4.90 Å². The maximum atomic E-state index is 13.0. The number of aryl methyl sites for hydroxylation is 2. The molecule has 0 unspecified atom stereocenters. The highest BCUT2D eigenvalue weighted by Gasteiger charge is 2.46. The van der Waals surface area contributed by atoms with Crippen molar-refractivity contribution in [1.29, 1.82) is 0 Å². The summed E-state index contributed by atoms with van der Waals surface area (Å²) in [6, 6.07) is 4.68. The van der Waals surface area contributed by atoms with Crippen LogP contribution in [0.15, 0.2) is 23.1 Å². The standard InChI is InChI=1S/C19H26N4O5S/c1-4-7-22-17(24)18(25)23(19(22)26)13-20-8-10-21(11-9-20)29(27,28)16-6-5-14(2)12-15(16)3/h5-6,12H,4,7-11,13H2,1-3H3/p+1. The topological polar surface area (TPSA) is 99.5 Å². The highest BCUT2D eigenvalue weighted by Crippen LogP contribution is 2.21. The molecule has 2 aliphatic heterocycles. The Balaban J connectivity index is 1.64. The molecule has 2 heterocycles. The number of sulfonamides is 1. The Morgan fingerprint density at radius 3 is 2.21 bits per heavy atom. The van der Waals surface area contributed by atoms with Gasteiger partial charge in [0.15, 0.2) is 6.67 Å². The molecule has 0 saturated carbocycles. The monoisotopic (exact) mass is 423 g/mol. The second kappa shape index (κ2) is 8.21. The Morgan fingerprint density at radius 1 is 1.00 bits per heavy atom. The van der Waals surface area contributed by atoms with Gasteiger partial charge in [0.05, 0.1) is 31.1 Å². The van der Waals surface area contributed by atoms with Gasteiger partial charge in [-0.2, -0.15) is 4.31 Å². The van der Waals surface area contributed by atoms with Gasteiger partial charge in [-0.25, -0.2) is 18.1 Å². The van der Waals surface area contributed by atoms with Gasteiger partial charge in [-0.05, 0) is 31.9 Å². The smallest absolute Gasteiger partial charge is 0.315 e. The highest BCUT2D eigenvalue weighted by atomic mass is 32.2. The maximum Gasteiger partial charge on any atom is 0.338 e. The van der Waals surface area contributed by atoms with E-state index in [2.05, 4.69) is 0 Å². The summed E-state index contributed by atoms with van der Waals surface area (Å²) in [7, 11) is -3.60. The molecule has 0 aromatic heterocycles. The number of piperazine rings is 1. The highest BCUT2D eigenvalue weighted by molar-refractivity contribution is 7.89. The van der Waals surface area contributed by atoms with Gasteiger partial charge in [0.2, 0.25) is 10.0 Å². The molecule has 2 aliphatic rings. The zero-order valence-corrected chi connectivity index (χ0v) is 17.8. The third-order valence-electron chi connectivity index (χ3n) is 5.34. The van der Waals surface area contributed by atoms with E-state index in [9.17, 15) is 22.8 Å². The summed E-state index contributed by atoms with van der Waals surface area (Å²) >= 11 is 0. The number of nitrogens with one attached hydrogen (secondary N) is 1. The first-order valence-electron chi connectivity index (χ1n) is 9.75. The second-order valence-electron chi connectivity index (χ2n) is 7.55. The number of urea groups is 1. The lowest BCUT2D eigenvalue weighted by Crippen LogP contribution is -3.16. The van der Waals surface area contributed by atoms with Crippen LogP contribution in [0.3, 0.4) is 0 Å². The summed E-state index contributed by atoms with van der Waals surface area (Å²) in [6.45, 7) is 7.28. The SMILES string of the molecule is CCCN1C(=O)C(=O)N(C[NH+]2CCN(S(=O)(=O)c3ccc(C)cc3C)CC2)C1=O. The molecule has 0 aliphatic carbocycles. The van der Waals surface area contributed by atoms with Crippen molar-refractivity contribution in [2.45, 2.75) is 32.1 Å². The lowest BCUT2D eigenvalue weighted by atomic mass is 10.2. The van der Waals surface area contributed by atoms with Crippen molar-refractivity contribution >= 4 is 27.9 Å². The summed E-state index contributed by atoms with van der Waals surface area (Å²) in [5.41, 5.74) is 1.71. The fourth-order valence-electron chi connectivity index (χ4n) is 3.76. The van der Waals surface area contributed by atoms with Crippen LogP contribution >= 0.6 is 0 Å². The van der Waals surface area contributed by atoms with E-state index < -0.39 is 27.9 Å². The fourth-order valence-corrected chi connectivity index (χ4v) is 5.41. The number of rotatable bonds is 6. The molecule has 9 nitrogen and oxygen atoms in total. The predicted octanol–water partition coefficient (Wildman–Crippen LogP) is -0.649. The van der Waals surface area contributed by atoms with E-state index in [-0.39, 0.29) is 26.3 Å². The third kappa shape index (κ3) is 4.05. The summed E-state index contributed by atoms with van der Waals surface area (Å²) in [5, 5.41) is 0. The molecule has 0 spiro atoms. The van der Waals surface area contributed by atoms with Gasteiger partial charge in [-0.1, -0.05) is 24.6 Å². The minimum atomic E-state index is -3.60. The number of hydrogen-bond acceptors (Lipinski definition) is 5. The molecule has 1 aromatic rings. The number of quaternary nitrogens is 1. The zero-order chi connectivity index (χ0) is 21.3. The molecule has 1 aromatic carbocycles. The Morgan fingerprint density at radius 2 is 1.62 bits per heavy atom. The van der Waals surface area contributed by atoms with Crippen LogP contribution in [0.5, 0.6) is 0 Å². The summed E-state index contributed by atoms with van der Waals surface area (Å²) in [4.78, 5) is 39.6. The molecule has 0 radical (unpaired) electrons. The molecule has 0 bridgehead atoms. The summed E-state index contributed by atoms with van der Waals surface area (Å²) in [5.74, 6) is -1.59. The number of carbonyl (C=O) groups is 3. The van der Waals surface area contributed by atoms with Crippen molar-refractivity contribution in [3.05, 3.63) is 29.3 Å².